The van der Waals surface area contributed by atoms with Gasteiger partial charge in [0.05, 0.1) is 6.10 Å². The highest BCUT2D eigenvalue weighted by Crippen LogP contribution is 2.22. The summed E-state index contributed by atoms with van der Waals surface area (Å²) >= 11 is 0. The van der Waals surface area contributed by atoms with E-state index in [4.69, 9.17) is 4.74 Å². The van der Waals surface area contributed by atoms with Crippen LogP contribution in [0.15, 0.2) is 18.6 Å². The zero-order valence-electron chi connectivity index (χ0n) is 9.02. The predicted molar refractivity (Wildman–Crippen MR) is 58.7 cm³/mol. The van der Waals surface area contributed by atoms with Crippen LogP contribution in [0, 0.1) is 0 Å². The Morgan fingerprint density at radius 1 is 1.33 bits per heavy atom. The van der Waals surface area contributed by atoms with Gasteiger partial charge in [0, 0.05) is 19.3 Å². The fraction of sp³-hybridized carbons (Fsp3) is 0.636. The SMILES string of the molecule is COC1CCC(Nc2ccncn2)CC1. The van der Waals surface area contributed by atoms with Crippen molar-refractivity contribution in [1.82, 2.24) is 9.97 Å². The minimum Gasteiger partial charge on any atom is -0.381 e. The van der Waals surface area contributed by atoms with Gasteiger partial charge < -0.3 is 10.1 Å². The van der Waals surface area contributed by atoms with Gasteiger partial charge in [0.15, 0.2) is 0 Å². The van der Waals surface area contributed by atoms with Gasteiger partial charge in [0.25, 0.3) is 0 Å². The van der Waals surface area contributed by atoms with E-state index in [0.29, 0.717) is 12.1 Å². The number of ether oxygens (including phenoxy) is 1. The van der Waals surface area contributed by atoms with Crippen LogP contribution in [-0.2, 0) is 4.74 Å². The first kappa shape index (κ1) is 10.4. The van der Waals surface area contributed by atoms with Crippen molar-refractivity contribution in [2.24, 2.45) is 0 Å². The summed E-state index contributed by atoms with van der Waals surface area (Å²) in [6.07, 6.45) is 8.37. The van der Waals surface area contributed by atoms with Crippen molar-refractivity contribution in [2.75, 3.05) is 12.4 Å². The number of hydrogen-bond donors (Lipinski definition) is 1. The Labute approximate surface area is 90.1 Å². The maximum atomic E-state index is 5.34. The minimum atomic E-state index is 0.452. The molecule has 82 valence electrons. The molecule has 0 amide bonds. The van der Waals surface area contributed by atoms with Crippen molar-refractivity contribution in [3.8, 4) is 0 Å². The van der Waals surface area contributed by atoms with Crippen molar-refractivity contribution in [3.63, 3.8) is 0 Å². The molecule has 15 heavy (non-hydrogen) atoms. The molecular weight excluding hydrogens is 190 g/mol. The number of nitrogens with zero attached hydrogens (tertiary/aromatic N) is 2. The summed E-state index contributed by atoms with van der Waals surface area (Å²) in [6.45, 7) is 0. The Kier molecular flexibility index (Phi) is 3.50. The molecule has 1 aromatic heterocycles. The van der Waals surface area contributed by atoms with Gasteiger partial charge in [-0.3, -0.25) is 0 Å². The van der Waals surface area contributed by atoms with E-state index in [0.717, 1.165) is 31.5 Å². The Bertz CT molecular complexity index is 283. The van der Waals surface area contributed by atoms with Gasteiger partial charge in [0.2, 0.25) is 0 Å². The molecule has 0 spiro atoms. The molecular formula is C11H17N3O. The molecule has 1 heterocycles. The maximum Gasteiger partial charge on any atom is 0.129 e. The van der Waals surface area contributed by atoms with E-state index in [1.807, 2.05) is 6.07 Å². The summed E-state index contributed by atoms with van der Waals surface area (Å²) in [7, 11) is 1.79. The van der Waals surface area contributed by atoms with Crippen molar-refractivity contribution in [1.29, 1.82) is 0 Å². The highest BCUT2D eigenvalue weighted by Gasteiger charge is 2.20. The molecule has 0 radical (unpaired) electrons. The van der Waals surface area contributed by atoms with Crippen LogP contribution in [0.5, 0.6) is 0 Å². The molecule has 1 N–H and O–H groups in total. The van der Waals surface area contributed by atoms with Crippen molar-refractivity contribution >= 4 is 5.82 Å². The molecule has 0 unspecified atom stereocenters. The van der Waals surface area contributed by atoms with E-state index in [9.17, 15) is 0 Å². The zero-order valence-corrected chi connectivity index (χ0v) is 9.02. The fourth-order valence-corrected chi connectivity index (χ4v) is 2.03. The lowest BCUT2D eigenvalue weighted by Crippen LogP contribution is -2.29. The van der Waals surface area contributed by atoms with Crippen LogP contribution < -0.4 is 5.32 Å². The van der Waals surface area contributed by atoms with Gasteiger partial charge in [-0.25, -0.2) is 9.97 Å². The van der Waals surface area contributed by atoms with Crippen LogP contribution in [0.4, 0.5) is 5.82 Å². The number of rotatable bonds is 3. The third-order valence-electron chi connectivity index (χ3n) is 2.94. The highest BCUT2D eigenvalue weighted by atomic mass is 16.5. The minimum absolute atomic E-state index is 0.452. The summed E-state index contributed by atoms with van der Waals surface area (Å²) in [5.74, 6) is 0.922. The van der Waals surface area contributed by atoms with Gasteiger partial charge in [-0.1, -0.05) is 0 Å². The van der Waals surface area contributed by atoms with E-state index in [1.165, 1.54) is 0 Å². The average Bonchev–Trinajstić information content (AvgIpc) is 2.31. The molecule has 0 saturated heterocycles. The first-order valence-corrected chi connectivity index (χ1v) is 5.44. The molecule has 4 nitrogen and oxygen atoms in total. The summed E-state index contributed by atoms with van der Waals surface area (Å²) in [5, 5.41) is 3.42. The first-order chi connectivity index (χ1) is 7.38. The summed E-state index contributed by atoms with van der Waals surface area (Å²) in [6, 6.07) is 2.44. The van der Waals surface area contributed by atoms with Crippen molar-refractivity contribution in [3.05, 3.63) is 18.6 Å². The fourth-order valence-electron chi connectivity index (χ4n) is 2.03. The molecule has 1 fully saturated rings. The Morgan fingerprint density at radius 3 is 2.73 bits per heavy atom. The maximum absolute atomic E-state index is 5.34. The molecule has 0 bridgehead atoms. The van der Waals surface area contributed by atoms with Crippen LogP contribution >= 0.6 is 0 Å². The molecule has 1 aliphatic rings. The van der Waals surface area contributed by atoms with E-state index in [1.54, 1.807) is 19.6 Å². The number of methoxy groups -OCH3 is 1. The van der Waals surface area contributed by atoms with E-state index in [2.05, 4.69) is 15.3 Å². The first-order valence-electron chi connectivity index (χ1n) is 5.44. The number of aromatic nitrogens is 2. The van der Waals surface area contributed by atoms with Gasteiger partial charge in [-0.15, -0.1) is 0 Å². The van der Waals surface area contributed by atoms with Crippen molar-refractivity contribution in [2.45, 2.75) is 37.8 Å². The normalized spacial score (nSPS) is 26.2. The molecule has 1 aromatic rings. The standard InChI is InChI=1S/C11H17N3O/c1-15-10-4-2-9(3-5-10)14-11-6-7-12-8-13-11/h6-10H,2-5H2,1H3,(H,12,13,14). The Morgan fingerprint density at radius 2 is 2.13 bits per heavy atom. The summed E-state index contributed by atoms with van der Waals surface area (Å²) in [4.78, 5) is 8.05. The molecule has 0 atom stereocenters. The molecule has 2 rings (SSSR count). The van der Waals surface area contributed by atoms with E-state index >= 15 is 0 Å². The van der Waals surface area contributed by atoms with Gasteiger partial charge in [-0.05, 0) is 31.7 Å². The van der Waals surface area contributed by atoms with Crippen LogP contribution in [-0.4, -0.2) is 29.2 Å². The molecule has 1 saturated carbocycles. The lowest BCUT2D eigenvalue weighted by Gasteiger charge is -2.28. The quantitative estimate of drug-likeness (QED) is 0.821. The topological polar surface area (TPSA) is 47.0 Å². The largest absolute Gasteiger partial charge is 0.381 e. The van der Waals surface area contributed by atoms with Gasteiger partial charge in [-0.2, -0.15) is 0 Å². The van der Waals surface area contributed by atoms with Gasteiger partial charge >= 0.3 is 0 Å². The summed E-state index contributed by atoms with van der Waals surface area (Å²) in [5.41, 5.74) is 0. The predicted octanol–water partition coefficient (Wildman–Crippen LogP) is 1.85. The highest BCUT2D eigenvalue weighted by molar-refractivity contribution is 5.33. The average molecular weight is 207 g/mol. The summed E-state index contributed by atoms with van der Waals surface area (Å²) < 4.78 is 5.34. The second-order valence-electron chi connectivity index (χ2n) is 3.95. The van der Waals surface area contributed by atoms with E-state index in [-0.39, 0.29) is 0 Å². The van der Waals surface area contributed by atoms with Gasteiger partial charge in [0.1, 0.15) is 12.1 Å². The number of hydrogen-bond acceptors (Lipinski definition) is 4. The Balaban J connectivity index is 1.82. The zero-order chi connectivity index (χ0) is 10.5. The molecule has 0 aliphatic heterocycles. The third-order valence-corrected chi connectivity index (χ3v) is 2.94. The van der Waals surface area contributed by atoms with Crippen LogP contribution in [0.3, 0.4) is 0 Å². The second kappa shape index (κ2) is 5.07. The van der Waals surface area contributed by atoms with Crippen LogP contribution in [0.2, 0.25) is 0 Å². The molecule has 4 heteroatoms. The smallest absolute Gasteiger partial charge is 0.129 e. The molecule has 0 aromatic carbocycles. The third kappa shape index (κ3) is 2.89. The molecule has 1 aliphatic carbocycles. The van der Waals surface area contributed by atoms with Crippen LogP contribution in [0.25, 0.3) is 0 Å². The van der Waals surface area contributed by atoms with Crippen LogP contribution in [0.1, 0.15) is 25.7 Å². The van der Waals surface area contributed by atoms with E-state index < -0.39 is 0 Å². The number of anilines is 1. The second-order valence-corrected chi connectivity index (χ2v) is 3.95. The van der Waals surface area contributed by atoms with Crippen molar-refractivity contribution < 1.29 is 4.74 Å². The number of nitrogens with one attached hydrogen (secondary N) is 1. The lowest BCUT2D eigenvalue weighted by molar-refractivity contribution is 0.0681. The monoisotopic (exact) mass is 207 g/mol. The lowest BCUT2D eigenvalue weighted by atomic mass is 9.93. The Hall–Kier alpha value is -1.16.